The van der Waals surface area contributed by atoms with Crippen LogP contribution in [-0.2, 0) is 90.1 Å². The largest absolute Gasteiger partial charge is 0.464 e. The zero-order chi connectivity index (χ0) is 43.3. The first kappa shape index (κ1) is 50.0. The molecule has 56 heavy (non-hydrogen) atoms. The van der Waals surface area contributed by atoms with Crippen LogP contribution in [-0.4, -0.2) is 147 Å². The van der Waals surface area contributed by atoms with E-state index in [-0.39, 0.29) is 0 Å². The van der Waals surface area contributed by atoms with E-state index >= 15 is 0 Å². The molecule has 0 aromatic carbocycles. The van der Waals surface area contributed by atoms with Crippen LogP contribution >= 0.6 is 15.2 Å². The summed E-state index contributed by atoms with van der Waals surface area (Å²) >= 11 is 0. The number of ether oxygens (including phenoxy) is 9. The van der Waals surface area contributed by atoms with Crippen molar-refractivity contribution in [2.75, 3.05) is 19.8 Å². The zero-order valence-electron chi connectivity index (χ0n) is 31.1. The van der Waals surface area contributed by atoms with Gasteiger partial charge in [0.1, 0.15) is 38.1 Å². The molecule has 0 spiro atoms. The van der Waals surface area contributed by atoms with Gasteiger partial charge in [-0.15, -0.1) is 0 Å². The van der Waals surface area contributed by atoms with E-state index in [4.69, 9.17) is 48.4 Å². The first-order chi connectivity index (χ1) is 25.6. The molecule has 1 rings (SSSR count). The van der Waals surface area contributed by atoms with E-state index in [1.54, 1.807) is 0 Å². The standard InChI is InChI=1S/C29H46N2O23P2/c1-12(32)46-9-19(31-22(39)8-23(55(40,41)42)56(43,44)45)25(50-16(5)36)26(20(49-15(4)35)10-47-13(2)33)54-29-24(30)28(52-18(7)38)27(51-17(6)37)21(53-29)11-48-14(3)34/h19-21,23-29H,8-11,30H2,1-7H3,(H,31,39)(H2,40,41,42)(H2,43,44,45)/t19?,20?,21?,24?,25-,26-,27-,28-,29+/m1/s1. The van der Waals surface area contributed by atoms with E-state index in [9.17, 15) is 67.1 Å². The summed E-state index contributed by atoms with van der Waals surface area (Å²) < 4.78 is 72.3. The van der Waals surface area contributed by atoms with Gasteiger partial charge in [-0.25, -0.2) is 0 Å². The fourth-order valence-electron chi connectivity index (χ4n) is 5.06. The average molecular weight is 853 g/mol. The first-order valence-electron chi connectivity index (χ1n) is 16.2. The van der Waals surface area contributed by atoms with Crippen LogP contribution in [0, 0.1) is 0 Å². The van der Waals surface area contributed by atoms with Crippen molar-refractivity contribution >= 4 is 62.9 Å². The minimum atomic E-state index is -5.68. The van der Waals surface area contributed by atoms with Crippen molar-refractivity contribution < 1.29 is 110 Å². The van der Waals surface area contributed by atoms with Crippen molar-refractivity contribution in [3.05, 3.63) is 0 Å². The van der Waals surface area contributed by atoms with Crippen LogP contribution < -0.4 is 11.1 Å². The number of carbonyl (C=O) groups is 8. The van der Waals surface area contributed by atoms with Gasteiger partial charge in [0.15, 0.2) is 36.1 Å². The van der Waals surface area contributed by atoms with E-state index in [2.05, 4.69) is 5.32 Å². The molecular weight excluding hydrogens is 806 g/mol. The molecule has 1 amide bonds. The number of nitrogens with two attached hydrogens (primary N) is 1. The van der Waals surface area contributed by atoms with Crippen molar-refractivity contribution in [3.63, 3.8) is 0 Å². The van der Waals surface area contributed by atoms with Gasteiger partial charge in [0.2, 0.25) is 5.91 Å². The number of hydrogen-bond donors (Lipinski definition) is 6. The summed E-state index contributed by atoms with van der Waals surface area (Å²) in [5.41, 5.74) is 6.41. The van der Waals surface area contributed by atoms with E-state index < -0.39 is 150 Å². The third kappa shape index (κ3) is 17.4. The molecule has 7 N–H and O–H groups in total. The lowest BCUT2D eigenvalue weighted by molar-refractivity contribution is -0.301. The highest BCUT2D eigenvalue weighted by Gasteiger charge is 2.53. The Labute approximate surface area is 318 Å². The summed E-state index contributed by atoms with van der Waals surface area (Å²) in [4.78, 5) is 136. The molecule has 1 heterocycles. The third-order valence-corrected chi connectivity index (χ3v) is 10.9. The van der Waals surface area contributed by atoms with Gasteiger partial charge in [-0.05, 0) is 0 Å². The average Bonchev–Trinajstić information content (AvgIpc) is 3.02. The van der Waals surface area contributed by atoms with E-state index in [1.807, 2.05) is 0 Å². The molecule has 1 fully saturated rings. The maximum Gasteiger partial charge on any atom is 0.341 e. The van der Waals surface area contributed by atoms with Crippen molar-refractivity contribution in [1.29, 1.82) is 0 Å². The van der Waals surface area contributed by atoms with Gasteiger partial charge < -0.3 is 73.3 Å². The summed E-state index contributed by atoms with van der Waals surface area (Å²) in [6.45, 7) is 3.94. The summed E-state index contributed by atoms with van der Waals surface area (Å²) in [6.07, 6.45) is -14.4. The SMILES string of the molecule is CC(=O)OCC(NC(=O)CC(P(=O)(O)O)P(=O)(O)O)[C@@H](OC(C)=O)[C@H](O[C@@H]1OC(COC(C)=O)[C@@H](OC(C)=O)[C@H](OC(C)=O)C1N)C(COC(C)=O)OC(C)=O. The van der Waals surface area contributed by atoms with Crippen LogP contribution in [0.15, 0.2) is 0 Å². The zero-order valence-corrected chi connectivity index (χ0v) is 32.9. The first-order valence-corrected chi connectivity index (χ1v) is 19.6. The van der Waals surface area contributed by atoms with Crippen molar-refractivity contribution in [2.24, 2.45) is 5.73 Å². The molecule has 0 bridgehead atoms. The Kier molecular flexibility index (Phi) is 19.7. The highest BCUT2D eigenvalue weighted by molar-refractivity contribution is 7.70. The molecule has 0 aliphatic carbocycles. The van der Waals surface area contributed by atoms with Gasteiger partial charge in [-0.2, -0.15) is 0 Å². The van der Waals surface area contributed by atoms with Crippen molar-refractivity contribution in [1.82, 2.24) is 5.32 Å². The van der Waals surface area contributed by atoms with Crippen LogP contribution in [0.4, 0.5) is 0 Å². The van der Waals surface area contributed by atoms with Gasteiger partial charge in [0.05, 0.1) is 12.5 Å². The van der Waals surface area contributed by atoms with E-state index in [0.717, 1.165) is 48.5 Å². The highest BCUT2D eigenvalue weighted by Crippen LogP contribution is 2.61. The molecule has 0 radical (unpaired) electrons. The lowest BCUT2D eigenvalue weighted by Crippen LogP contribution is -2.67. The summed E-state index contributed by atoms with van der Waals surface area (Å²) in [6, 6.07) is -3.63. The molecule has 25 nitrogen and oxygen atoms in total. The molecule has 320 valence electrons. The van der Waals surface area contributed by atoms with Crippen molar-refractivity contribution in [3.8, 4) is 0 Å². The molecule has 0 aromatic heterocycles. The number of amides is 1. The molecule has 4 unspecified atom stereocenters. The van der Waals surface area contributed by atoms with Gasteiger partial charge >= 0.3 is 57.0 Å². The maximum atomic E-state index is 13.2. The van der Waals surface area contributed by atoms with E-state index in [1.165, 1.54) is 0 Å². The van der Waals surface area contributed by atoms with Crippen LogP contribution in [0.2, 0.25) is 0 Å². The number of rotatable bonds is 20. The molecular formula is C29H46N2O23P2. The van der Waals surface area contributed by atoms with Gasteiger partial charge in [0, 0.05) is 48.5 Å². The molecule has 9 atom stereocenters. The summed E-state index contributed by atoms with van der Waals surface area (Å²) in [7, 11) is -11.4. The maximum absolute atomic E-state index is 13.2. The lowest BCUT2D eigenvalue weighted by Gasteiger charge is -2.46. The predicted octanol–water partition coefficient (Wildman–Crippen LogP) is -2.60. The van der Waals surface area contributed by atoms with Crippen LogP contribution in [0.1, 0.15) is 54.9 Å². The fourth-order valence-corrected chi connectivity index (χ4v) is 7.43. The van der Waals surface area contributed by atoms with E-state index in [0.29, 0.717) is 0 Å². The molecule has 27 heteroatoms. The Balaban J connectivity index is 4.05. The second-order valence-electron chi connectivity index (χ2n) is 12.0. The molecule has 1 saturated heterocycles. The number of nitrogens with one attached hydrogen (secondary N) is 1. The third-order valence-electron chi connectivity index (χ3n) is 7.15. The van der Waals surface area contributed by atoms with Gasteiger partial charge in [-0.1, -0.05) is 0 Å². The van der Waals surface area contributed by atoms with Crippen LogP contribution in [0.5, 0.6) is 0 Å². The molecule has 1 aliphatic heterocycles. The van der Waals surface area contributed by atoms with Crippen LogP contribution in [0.25, 0.3) is 0 Å². The Morgan fingerprint density at radius 2 is 1.14 bits per heavy atom. The van der Waals surface area contributed by atoms with Crippen molar-refractivity contribution in [2.45, 2.75) is 115 Å². The second-order valence-corrected chi connectivity index (χ2v) is 16.0. The smallest absolute Gasteiger partial charge is 0.341 e. The Morgan fingerprint density at radius 3 is 1.59 bits per heavy atom. The van der Waals surface area contributed by atoms with Crippen LogP contribution in [0.3, 0.4) is 0 Å². The second kappa shape index (κ2) is 22.0. The normalized spacial score (nSPS) is 21.9. The Morgan fingerprint density at radius 1 is 0.661 bits per heavy atom. The molecule has 1 aliphatic rings. The Bertz CT molecular complexity index is 1520. The minimum absolute atomic E-state index is 0.693. The quantitative estimate of drug-likeness (QED) is 0.0415. The molecule has 0 aromatic rings. The fraction of sp³-hybridized carbons (Fsp3) is 0.724. The predicted molar refractivity (Wildman–Crippen MR) is 178 cm³/mol. The minimum Gasteiger partial charge on any atom is -0.464 e. The topological polar surface area (TPSA) is 373 Å². The monoisotopic (exact) mass is 852 g/mol. The number of carbonyl (C=O) groups excluding carboxylic acids is 8. The number of hydrogen-bond acceptors (Lipinski definition) is 20. The Hall–Kier alpha value is -4.06. The van der Waals surface area contributed by atoms with Gasteiger partial charge in [-0.3, -0.25) is 47.5 Å². The number of esters is 7. The van der Waals surface area contributed by atoms with Gasteiger partial charge in [0.25, 0.3) is 0 Å². The molecule has 0 saturated carbocycles. The summed E-state index contributed by atoms with van der Waals surface area (Å²) in [5.74, 6) is -8.51. The highest BCUT2D eigenvalue weighted by atomic mass is 31.2. The summed E-state index contributed by atoms with van der Waals surface area (Å²) in [5, 5.41) is -0.773. The lowest BCUT2D eigenvalue weighted by atomic mass is 9.96.